The van der Waals surface area contributed by atoms with E-state index in [0.29, 0.717) is 16.8 Å². The lowest BCUT2D eigenvalue weighted by atomic mass is 9.92. The molecule has 2 aromatic carbocycles. The number of Topliss-reactive ketones (excluding diaryl/α,β-unsaturated/α-hetero) is 1. The van der Waals surface area contributed by atoms with Crippen LogP contribution in [0.15, 0.2) is 59.6 Å². The third kappa shape index (κ3) is 5.46. The van der Waals surface area contributed by atoms with Crippen LogP contribution >= 0.6 is 24.4 Å². The zero-order chi connectivity index (χ0) is 28.9. The van der Waals surface area contributed by atoms with Crippen LogP contribution in [-0.4, -0.2) is 94.9 Å². The first kappa shape index (κ1) is 30.4. The number of aliphatic imine (C=N–C) groups is 1. The van der Waals surface area contributed by atoms with Gasteiger partial charge >= 0.3 is 5.97 Å². The van der Waals surface area contributed by atoms with Crippen LogP contribution in [0.3, 0.4) is 0 Å². The number of benzene rings is 2. The number of fused-ring (bicyclic) bond motifs is 1. The quantitative estimate of drug-likeness (QED) is 0.233. The number of likely N-dealkylation sites (N-methyl/N-ethyl adjacent to an activating group) is 2. The number of carbonyl (C=O) groups excluding carboxylic acids is 3. The minimum absolute atomic E-state index is 0.0468. The van der Waals surface area contributed by atoms with Gasteiger partial charge in [0.2, 0.25) is 11.6 Å². The second kappa shape index (κ2) is 12.8. The Hall–Kier alpha value is -3.19. The van der Waals surface area contributed by atoms with Crippen molar-refractivity contribution in [3.8, 4) is 0 Å². The molecule has 0 bridgehead atoms. The van der Waals surface area contributed by atoms with E-state index in [1.165, 1.54) is 25.7 Å². The monoisotopic (exact) mass is 571 g/mol. The zero-order valence-electron chi connectivity index (χ0n) is 22.2. The maximum Gasteiger partial charge on any atom is 0.353 e. The van der Waals surface area contributed by atoms with Gasteiger partial charge in [-0.1, -0.05) is 48.5 Å². The Morgan fingerprint density at radius 3 is 2.36 bits per heavy atom. The number of amides is 2. The summed E-state index contributed by atoms with van der Waals surface area (Å²) in [6, 6.07) is 11.9. The van der Waals surface area contributed by atoms with Gasteiger partial charge in [-0.25, -0.2) is 4.79 Å². The molecule has 3 unspecified atom stereocenters. The summed E-state index contributed by atoms with van der Waals surface area (Å²) in [5.41, 5.74) is 5.32. The highest BCUT2D eigenvalue weighted by molar-refractivity contribution is 7.98. The van der Waals surface area contributed by atoms with E-state index >= 15 is 0 Å². The van der Waals surface area contributed by atoms with E-state index in [9.17, 15) is 24.3 Å². The standard InChI is InChI=1S/C27H33N5O5S2/c1-16(33)31(3)27(26(36)37,21(29-2)15-39-4)32-20-13-9-8-12-18(20)22(17-10-6-5-7-11-17)30-23(25(32)35)24(34)19(28)14-38/h5-13,19,21,23,29,38H,14-15,28H2,1-4H3,(H,36,37)/t19?,21?,23?,27-/m1/s1. The third-order valence-corrected chi connectivity index (χ3v) is 7.86. The summed E-state index contributed by atoms with van der Waals surface area (Å²) in [6.45, 7) is 1.23. The van der Waals surface area contributed by atoms with E-state index < -0.39 is 47.4 Å². The van der Waals surface area contributed by atoms with Gasteiger partial charge in [0.25, 0.3) is 5.91 Å². The average molecular weight is 572 g/mol. The largest absolute Gasteiger partial charge is 0.478 e. The molecule has 2 aromatic rings. The predicted molar refractivity (Wildman–Crippen MR) is 157 cm³/mol. The molecule has 0 spiro atoms. The molecule has 0 fully saturated rings. The molecule has 12 heteroatoms. The van der Waals surface area contributed by atoms with Crippen LogP contribution in [0.1, 0.15) is 18.1 Å². The van der Waals surface area contributed by atoms with Crippen LogP contribution in [0.5, 0.6) is 0 Å². The number of aliphatic carboxylic acids is 1. The number of benzodiazepines with no additional fused rings is 1. The first-order valence-corrected chi connectivity index (χ1v) is 14.2. The van der Waals surface area contributed by atoms with Crippen molar-refractivity contribution in [1.29, 1.82) is 0 Å². The van der Waals surface area contributed by atoms with E-state index in [1.54, 1.807) is 61.8 Å². The number of hydrogen-bond acceptors (Lipinski definition) is 9. The summed E-state index contributed by atoms with van der Waals surface area (Å²) in [5, 5.41) is 13.9. The first-order chi connectivity index (χ1) is 18.6. The van der Waals surface area contributed by atoms with Crippen LogP contribution in [0.2, 0.25) is 0 Å². The zero-order valence-corrected chi connectivity index (χ0v) is 23.9. The number of anilines is 1. The molecule has 0 saturated heterocycles. The molecule has 0 saturated carbocycles. The van der Waals surface area contributed by atoms with Gasteiger partial charge in [-0.2, -0.15) is 24.4 Å². The van der Waals surface area contributed by atoms with Crippen LogP contribution in [0.4, 0.5) is 5.69 Å². The summed E-state index contributed by atoms with van der Waals surface area (Å²) in [7, 11) is 2.89. The molecule has 10 nitrogen and oxygen atoms in total. The number of nitrogens with zero attached hydrogens (tertiary/aromatic N) is 3. The summed E-state index contributed by atoms with van der Waals surface area (Å²) < 4.78 is 0. The van der Waals surface area contributed by atoms with Gasteiger partial charge in [-0.15, -0.1) is 0 Å². The van der Waals surface area contributed by atoms with Gasteiger partial charge in [-0.3, -0.25) is 24.3 Å². The lowest BCUT2D eigenvalue weighted by molar-refractivity contribution is -0.161. The smallest absolute Gasteiger partial charge is 0.353 e. The number of nitrogens with one attached hydrogen (secondary N) is 1. The van der Waals surface area contributed by atoms with Crippen molar-refractivity contribution in [1.82, 2.24) is 10.2 Å². The third-order valence-electron chi connectivity index (χ3n) is 6.80. The van der Waals surface area contributed by atoms with Gasteiger partial charge in [0.15, 0.2) is 11.8 Å². The second-order valence-electron chi connectivity index (χ2n) is 9.03. The van der Waals surface area contributed by atoms with E-state index in [1.807, 2.05) is 6.07 Å². The molecule has 3 rings (SSSR count). The molecular formula is C27H33N5O5S2. The molecule has 1 heterocycles. The van der Waals surface area contributed by atoms with Crippen molar-refractivity contribution in [3.63, 3.8) is 0 Å². The van der Waals surface area contributed by atoms with Crippen LogP contribution in [-0.2, 0) is 19.2 Å². The summed E-state index contributed by atoms with van der Waals surface area (Å²) in [4.78, 5) is 61.1. The van der Waals surface area contributed by atoms with Gasteiger partial charge in [0, 0.05) is 36.6 Å². The number of carboxylic acid groups (broad SMARTS) is 1. The second-order valence-corrected chi connectivity index (χ2v) is 10.3. The summed E-state index contributed by atoms with van der Waals surface area (Å²) >= 11 is 5.49. The minimum Gasteiger partial charge on any atom is -0.478 e. The highest BCUT2D eigenvalue weighted by Crippen LogP contribution is 2.38. The molecule has 39 heavy (non-hydrogen) atoms. The van der Waals surface area contributed by atoms with Crippen molar-refractivity contribution in [2.45, 2.75) is 30.7 Å². The number of rotatable bonds is 11. The lowest BCUT2D eigenvalue weighted by Gasteiger charge is -2.50. The Morgan fingerprint density at radius 1 is 1.21 bits per heavy atom. The van der Waals surface area contributed by atoms with E-state index in [4.69, 9.17) is 5.73 Å². The van der Waals surface area contributed by atoms with Gasteiger partial charge in [-0.05, 0) is 19.4 Å². The molecule has 0 radical (unpaired) electrons. The molecule has 1 aliphatic heterocycles. The Bertz CT molecular complexity index is 1270. The van der Waals surface area contributed by atoms with Crippen LogP contribution < -0.4 is 16.0 Å². The van der Waals surface area contributed by atoms with Gasteiger partial charge in [0.05, 0.1) is 23.5 Å². The number of para-hydroxylation sites is 1. The maximum absolute atomic E-state index is 14.5. The Balaban J connectivity index is 2.50. The normalized spacial score (nSPS) is 18.2. The highest BCUT2D eigenvalue weighted by atomic mass is 32.2. The molecule has 0 aromatic heterocycles. The number of carboxylic acids is 1. The Labute approximate surface area is 237 Å². The number of carbonyl (C=O) groups is 4. The van der Waals surface area contributed by atoms with Gasteiger partial charge < -0.3 is 21.1 Å². The number of nitrogens with two attached hydrogens (primary N) is 1. The van der Waals surface area contributed by atoms with Crippen LogP contribution in [0, 0.1) is 0 Å². The van der Waals surface area contributed by atoms with Crippen molar-refractivity contribution in [2.24, 2.45) is 10.7 Å². The Morgan fingerprint density at radius 2 is 1.82 bits per heavy atom. The molecule has 0 aliphatic carbocycles. The molecular weight excluding hydrogens is 538 g/mol. The fourth-order valence-corrected chi connectivity index (χ4v) is 5.67. The number of thiol groups is 1. The number of ketones is 1. The van der Waals surface area contributed by atoms with Crippen LogP contribution in [0.25, 0.3) is 0 Å². The molecule has 4 atom stereocenters. The fourth-order valence-electron chi connectivity index (χ4n) is 4.75. The molecule has 2 amide bonds. The summed E-state index contributed by atoms with van der Waals surface area (Å²) in [5.74, 6) is -3.50. The highest BCUT2D eigenvalue weighted by Gasteiger charge is 2.59. The van der Waals surface area contributed by atoms with E-state index in [2.05, 4.69) is 22.9 Å². The molecule has 208 valence electrons. The van der Waals surface area contributed by atoms with E-state index in [0.717, 1.165) is 9.80 Å². The van der Waals surface area contributed by atoms with Crippen molar-refractivity contribution >= 4 is 59.4 Å². The van der Waals surface area contributed by atoms with E-state index in [-0.39, 0.29) is 17.2 Å². The minimum atomic E-state index is -2.28. The van der Waals surface area contributed by atoms with Crippen molar-refractivity contribution in [3.05, 3.63) is 65.7 Å². The first-order valence-electron chi connectivity index (χ1n) is 12.2. The lowest BCUT2D eigenvalue weighted by Crippen LogP contribution is -2.77. The average Bonchev–Trinajstić information content (AvgIpc) is 3.06. The SMILES string of the molecule is CNC(CSC)[C@@](C(=O)O)(N(C)C(C)=O)N1C(=O)C(C(=O)C(N)CS)N=C(c2ccccc2)c2ccccc21. The fraction of sp³-hybridized carbons (Fsp3) is 0.370. The molecule has 4 N–H and O–H groups in total. The van der Waals surface area contributed by atoms with Crippen molar-refractivity contribution < 1.29 is 24.3 Å². The topological polar surface area (TPSA) is 145 Å². The maximum atomic E-state index is 14.5. The number of hydrogen-bond donors (Lipinski definition) is 4. The van der Waals surface area contributed by atoms with Gasteiger partial charge in [0.1, 0.15) is 0 Å². The van der Waals surface area contributed by atoms with Crippen molar-refractivity contribution in [2.75, 3.05) is 36.8 Å². The summed E-state index contributed by atoms with van der Waals surface area (Å²) in [6.07, 6.45) is 1.79. The Kier molecular flexibility index (Phi) is 9.94. The predicted octanol–water partition coefficient (Wildman–Crippen LogP) is 1.28. The number of thioether (sulfide) groups is 1. The molecule has 1 aliphatic rings.